The van der Waals surface area contributed by atoms with Gasteiger partial charge in [0.25, 0.3) is 0 Å². The quantitative estimate of drug-likeness (QED) is 0.783. The van der Waals surface area contributed by atoms with E-state index in [1.807, 2.05) is 30.3 Å². The van der Waals surface area contributed by atoms with Crippen molar-refractivity contribution >= 4 is 15.9 Å². The fourth-order valence-corrected chi connectivity index (χ4v) is 1.86. The van der Waals surface area contributed by atoms with Gasteiger partial charge < -0.3 is 4.42 Å². The summed E-state index contributed by atoms with van der Waals surface area (Å²) in [5, 5.41) is 0. The summed E-state index contributed by atoms with van der Waals surface area (Å²) in [7, 11) is 0. The molecule has 2 aromatic heterocycles. The first-order valence-electron chi connectivity index (χ1n) is 4.43. The van der Waals surface area contributed by atoms with Crippen LogP contribution in [0.2, 0.25) is 0 Å². The Morgan fingerprint density at radius 3 is 2.86 bits per heavy atom. The third-order valence-corrected chi connectivity index (χ3v) is 2.74. The van der Waals surface area contributed by atoms with E-state index in [0.29, 0.717) is 0 Å². The zero-order chi connectivity index (χ0) is 9.80. The molecule has 0 aromatic carbocycles. The molecule has 72 valence electrons. The Morgan fingerprint density at radius 1 is 1.29 bits per heavy atom. The number of nitrogens with zero attached hydrogens (tertiary/aromatic N) is 1. The van der Waals surface area contributed by atoms with Crippen LogP contribution < -0.4 is 0 Å². The Bertz CT molecular complexity index is 371. The van der Waals surface area contributed by atoms with Crippen LogP contribution in [-0.4, -0.2) is 4.98 Å². The summed E-state index contributed by atoms with van der Waals surface area (Å²) in [6.45, 7) is 0. The highest BCUT2D eigenvalue weighted by molar-refractivity contribution is 9.09. The zero-order valence-electron chi connectivity index (χ0n) is 7.56. The van der Waals surface area contributed by atoms with Crippen molar-refractivity contribution in [2.75, 3.05) is 0 Å². The van der Waals surface area contributed by atoms with E-state index in [-0.39, 0.29) is 4.83 Å². The molecule has 2 aromatic rings. The number of hydrogen-bond donors (Lipinski definition) is 0. The van der Waals surface area contributed by atoms with Crippen molar-refractivity contribution in [3.8, 4) is 0 Å². The minimum Gasteiger partial charge on any atom is -0.468 e. The van der Waals surface area contributed by atoms with Crippen molar-refractivity contribution in [3.05, 3.63) is 54.2 Å². The Kier molecular flexibility index (Phi) is 2.99. The van der Waals surface area contributed by atoms with E-state index in [0.717, 1.165) is 17.9 Å². The van der Waals surface area contributed by atoms with E-state index in [2.05, 4.69) is 20.9 Å². The van der Waals surface area contributed by atoms with Gasteiger partial charge in [-0.1, -0.05) is 22.0 Å². The Labute approximate surface area is 91.1 Å². The molecule has 0 fully saturated rings. The SMILES string of the molecule is BrC(Cc1ccccn1)c1ccco1. The fraction of sp³-hybridized carbons (Fsp3) is 0.182. The topological polar surface area (TPSA) is 26.0 Å². The summed E-state index contributed by atoms with van der Waals surface area (Å²) in [6, 6.07) is 9.77. The summed E-state index contributed by atoms with van der Waals surface area (Å²) in [4.78, 5) is 4.46. The minimum atomic E-state index is 0.201. The van der Waals surface area contributed by atoms with Crippen molar-refractivity contribution in [1.29, 1.82) is 0 Å². The largest absolute Gasteiger partial charge is 0.468 e. The maximum absolute atomic E-state index is 5.29. The van der Waals surface area contributed by atoms with Crippen LogP contribution in [-0.2, 0) is 6.42 Å². The molecule has 2 heterocycles. The number of halogens is 1. The first kappa shape index (κ1) is 9.46. The predicted octanol–water partition coefficient (Wildman–Crippen LogP) is 3.35. The van der Waals surface area contributed by atoms with E-state index in [1.54, 1.807) is 12.5 Å². The summed E-state index contributed by atoms with van der Waals surface area (Å²) in [6.07, 6.45) is 4.33. The highest BCUT2D eigenvalue weighted by atomic mass is 79.9. The van der Waals surface area contributed by atoms with Gasteiger partial charge >= 0.3 is 0 Å². The molecule has 0 spiro atoms. The maximum Gasteiger partial charge on any atom is 0.117 e. The highest BCUT2D eigenvalue weighted by Crippen LogP contribution is 2.26. The lowest BCUT2D eigenvalue weighted by Crippen LogP contribution is -1.95. The summed E-state index contributed by atoms with van der Waals surface area (Å²) in [5.74, 6) is 0.940. The van der Waals surface area contributed by atoms with E-state index < -0.39 is 0 Å². The second kappa shape index (κ2) is 4.42. The monoisotopic (exact) mass is 251 g/mol. The van der Waals surface area contributed by atoms with Gasteiger partial charge in [0.2, 0.25) is 0 Å². The van der Waals surface area contributed by atoms with Gasteiger partial charge in [0.15, 0.2) is 0 Å². The first-order chi connectivity index (χ1) is 6.86. The summed E-state index contributed by atoms with van der Waals surface area (Å²) in [5.41, 5.74) is 1.06. The molecule has 2 rings (SSSR count). The molecular formula is C11H10BrNO. The van der Waals surface area contributed by atoms with Crippen LogP contribution in [0, 0.1) is 0 Å². The molecule has 0 aliphatic heterocycles. The molecule has 0 amide bonds. The van der Waals surface area contributed by atoms with Crippen LogP contribution in [0.25, 0.3) is 0 Å². The second-order valence-electron chi connectivity index (χ2n) is 3.01. The number of alkyl halides is 1. The molecule has 14 heavy (non-hydrogen) atoms. The van der Waals surface area contributed by atoms with Gasteiger partial charge in [-0.2, -0.15) is 0 Å². The molecule has 0 saturated heterocycles. The molecule has 0 aliphatic rings. The minimum absolute atomic E-state index is 0.201. The van der Waals surface area contributed by atoms with Gasteiger partial charge in [-0.25, -0.2) is 0 Å². The molecule has 1 atom stereocenters. The number of pyridine rings is 1. The summed E-state index contributed by atoms with van der Waals surface area (Å²) >= 11 is 3.57. The molecule has 0 bridgehead atoms. The van der Waals surface area contributed by atoms with Crippen molar-refractivity contribution in [1.82, 2.24) is 4.98 Å². The number of rotatable bonds is 3. The average Bonchev–Trinajstić information content (AvgIpc) is 2.72. The van der Waals surface area contributed by atoms with Crippen molar-refractivity contribution < 1.29 is 4.42 Å². The number of furan rings is 1. The van der Waals surface area contributed by atoms with E-state index in [1.165, 1.54) is 0 Å². The highest BCUT2D eigenvalue weighted by Gasteiger charge is 2.11. The van der Waals surface area contributed by atoms with Crippen LogP contribution in [0.5, 0.6) is 0 Å². The fourth-order valence-electron chi connectivity index (χ4n) is 1.27. The second-order valence-corrected chi connectivity index (χ2v) is 4.11. The number of aromatic nitrogens is 1. The molecule has 0 N–H and O–H groups in total. The van der Waals surface area contributed by atoms with Crippen molar-refractivity contribution in [2.24, 2.45) is 0 Å². The van der Waals surface area contributed by atoms with Gasteiger partial charge in [0, 0.05) is 18.3 Å². The molecule has 0 radical (unpaired) electrons. The van der Waals surface area contributed by atoms with Gasteiger partial charge in [-0.15, -0.1) is 0 Å². The van der Waals surface area contributed by atoms with E-state index >= 15 is 0 Å². The molecule has 1 unspecified atom stereocenters. The van der Waals surface area contributed by atoms with Crippen LogP contribution >= 0.6 is 15.9 Å². The van der Waals surface area contributed by atoms with Gasteiger partial charge in [-0.05, 0) is 24.3 Å². The van der Waals surface area contributed by atoms with Crippen LogP contribution in [0.3, 0.4) is 0 Å². The predicted molar refractivity (Wildman–Crippen MR) is 58.3 cm³/mol. The van der Waals surface area contributed by atoms with Gasteiger partial charge in [-0.3, -0.25) is 4.98 Å². The Hall–Kier alpha value is -1.09. The molecule has 0 aliphatic carbocycles. The van der Waals surface area contributed by atoms with Crippen LogP contribution in [0.1, 0.15) is 16.3 Å². The third kappa shape index (κ3) is 2.23. The smallest absolute Gasteiger partial charge is 0.117 e. The lowest BCUT2D eigenvalue weighted by molar-refractivity contribution is 0.506. The molecule has 2 nitrogen and oxygen atoms in total. The van der Waals surface area contributed by atoms with Gasteiger partial charge in [0.05, 0.1) is 11.1 Å². The molecular weight excluding hydrogens is 242 g/mol. The van der Waals surface area contributed by atoms with Crippen LogP contribution in [0.15, 0.2) is 47.2 Å². The Morgan fingerprint density at radius 2 is 2.21 bits per heavy atom. The van der Waals surface area contributed by atoms with Crippen molar-refractivity contribution in [3.63, 3.8) is 0 Å². The van der Waals surface area contributed by atoms with E-state index in [4.69, 9.17) is 4.42 Å². The molecule has 3 heteroatoms. The standard InChI is InChI=1S/C11H10BrNO/c12-10(11-5-3-7-14-11)8-9-4-1-2-6-13-9/h1-7,10H,8H2. The first-order valence-corrected chi connectivity index (χ1v) is 5.35. The Balaban J connectivity index is 2.06. The summed E-state index contributed by atoms with van der Waals surface area (Å²) < 4.78 is 5.29. The number of hydrogen-bond acceptors (Lipinski definition) is 2. The van der Waals surface area contributed by atoms with Gasteiger partial charge in [0.1, 0.15) is 5.76 Å². The van der Waals surface area contributed by atoms with Crippen molar-refractivity contribution in [2.45, 2.75) is 11.2 Å². The average molecular weight is 252 g/mol. The zero-order valence-corrected chi connectivity index (χ0v) is 9.15. The van der Waals surface area contributed by atoms with Crippen LogP contribution in [0.4, 0.5) is 0 Å². The normalized spacial score (nSPS) is 12.6. The lowest BCUT2D eigenvalue weighted by Gasteiger charge is -2.05. The maximum atomic E-state index is 5.29. The lowest BCUT2D eigenvalue weighted by atomic mass is 10.2. The third-order valence-electron chi connectivity index (χ3n) is 1.97. The molecule has 0 saturated carbocycles. The van der Waals surface area contributed by atoms with E-state index in [9.17, 15) is 0 Å².